The number of hydrogen-bond donors (Lipinski definition) is 3. The summed E-state index contributed by atoms with van der Waals surface area (Å²) in [5.74, 6) is 1.93. The summed E-state index contributed by atoms with van der Waals surface area (Å²) in [5, 5.41) is 21.7. The molecule has 2 aromatic rings. The van der Waals surface area contributed by atoms with E-state index in [0.717, 1.165) is 11.3 Å². The number of allylic oxidation sites excluding steroid dienone is 2. The molecule has 2 aliphatic heterocycles. The number of halogens is 2. The molecule has 4 rings (SSSR count). The second-order valence-electron chi connectivity index (χ2n) is 10.9. The van der Waals surface area contributed by atoms with Crippen LogP contribution in [-0.2, 0) is 32.0 Å². The third-order valence-corrected chi connectivity index (χ3v) is 8.81. The number of likely N-dealkylation sites (tertiary alicyclic amines) is 1. The number of fused-ring (bicyclic) bond motifs is 1. The van der Waals surface area contributed by atoms with Crippen LogP contribution in [0.5, 0.6) is 5.75 Å². The number of aliphatic imine (C=N–C) groups is 2. The Bertz CT molecular complexity index is 1810. The summed E-state index contributed by atoms with van der Waals surface area (Å²) >= 11 is 6.53. The monoisotopic (exact) mass is 795 g/mol. The molecule has 2 heterocycles. The maximum Gasteiger partial charge on any atom is 0.410 e. The van der Waals surface area contributed by atoms with Gasteiger partial charge in [-0.1, -0.05) is 18.2 Å². The van der Waals surface area contributed by atoms with Gasteiger partial charge in [0.25, 0.3) is 11.8 Å². The summed E-state index contributed by atoms with van der Waals surface area (Å²) < 4.78 is 6.41. The van der Waals surface area contributed by atoms with Gasteiger partial charge >= 0.3 is 18.1 Å². The first-order valence-electron chi connectivity index (χ1n) is 15.2. The minimum Gasteiger partial charge on any atom is -0.506 e. The van der Waals surface area contributed by atoms with Gasteiger partial charge in [0.2, 0.25) is 0 Å². The van der Waals surface area contributed by atoms with Crippen LogP contribution in [0.3, 0.4) is 0 Å². The van der Waals surface area contributed by atoms with Gasteiger partial charge < -0.3 is 30.1 Å². The number of amides is 5. The van der Waals surface area contributed by atoms with Gasteiger partial charge in [0, 0.05) is 55.9 Å². The Morgan fingerprint density at radius 2 is 1.65 bits per heavy atom. The standard InChI is InChI=1S/C34H31Br2N5O8/c35-25-19-22(20-26(36)31(25)45)21-28(32(46)38-15-6-2-1-5-14-37-29(42)9-10-30(43)44)49-34(48)40-16-12-24(13-17-40)41-18-11-23-7-3-4-8-27(23)39-33(41)47/h1-4,7-8,19-20,24,28,45H,9-13,16-18,21H2,(H,39,47)(H,43,44)/t28-/m1/s1. The number of ether oxygens (including phenoxy) is 1. The van der Waals surface area contributed by atoms with Crippen LogP contribution in [-0.4, -0.2) is 93.4 Å². The smallest absolute Gasteiger partial charge is 0.410 e. The molecule has 49 heavy (non-hydrogen) atoms. The molecule has 13 nitrogen and oxygen atoms in total. The van der Waals surface area contributed by atoms with Gasteiger partial charge in [-0.15, -0.1) is 0 Å². The molecule has 0 aromatic heterocycles. The van der Waals surface area contributed by atoms with Crippen molar-refractivity contribution in [1.29, 1.82) is 0 Å². The van der Waals surface area contributed by atoms with Crippen molar-refractivity contribution in [3.8, 4) is 5.75 Å². The second-order valence-corrected chi connectivity index (χ2v) is 12.6. The third kappa shape index (κ3) is 11.0. The number of carbonyl (C=O) groups is 5. The fourth-order valence-electron chi connectivity index (χ4n) is 5.11. The Morgan fingerprint density at radius 3 is 2.33 bits per heavy atom. The molecular formula is C34H31Br2N5O8. The zero-order valence-corrected chi connectivity index (χ0v) is 29.2. The molecule has 1 saturated heterocycles. The Balaban J connectivity index is 1.41. The second kappa shape index (κ2) is 18.0. The van der Waals surface area contributed by atoms with E-state index in [9.17, 15) is 29.1 Å². The molecule has 1 fully saturated rings. The predicted molar refractivity (Wildman–Crippen MR) is 186 cm³/mol. The maximum atomic E-state index is 13.3. The number of nitrogens with one attached hydrogen (secondary N) is 1. The number of para-hydroxylation sites is 1. The molecule has 0 aliphatic carbocycles. The van der Waals surface area contributed by atoms with Crippen molar-refractivity contribution in [3.05, 3.63) is 80.1 Å². The number of hydrogen-bond acceptors (Lipinski definition) is 7. The van der Waals surface area contributed by atoms with E-state index < -0.39 is 30.0 Å². The number of carbonyl (C=O) groups excluding carboxylic acids is 4. The van der Waals surface area contributed by atoms with E-state index in [1.54, 1.807) is 12.1 Å². The summed E-state index contributed by atoms with van der Waals surface area (Å²) in [6, 6.07) is 10.6. The number of phenolic OH excluding ortho intramolecular Hbond substituents is 1. The fraction of sp³-hybridized carbons (Fsp3) is 0.324. The van der Waals surface area contributed by atoms with Crippen LogP contribution in [0.25, 0.3) is 0 Å². The zero-order valence-electron chi connectivity index (χ0n) is 26.0. The van der Waals surface area contributed by atoms with E-state index in [4.69, 9.17) is 9.84 Å². The summed E-state index contributed by atoms with van der Waals surface area (Å²) in [4.78, 5) is 71.7. The highest BCUT2D eigenvalue weighted by Crippen LogP contribution is 2.34. The Labute approximate surface area is 298 Å². The highest BCUT2D eigenvalue weighted by atomic mass is 79.9. The molecule has 15 heteroatoms. The number of urea groups is 1. The van der Waals surface area contributed by atoms with Crippen molar-refractivity contribution < 1.29 is 38.9 Å². The molecule has 1 atom stereocenters. The lowest BCUT2D eigenvalue weighted by Crippen LogP contribution is -2.50. The minimum absolute atomic E-state index is 0.0312. The Morgan fingerprint density at radius 1 is 1.00 bits per heavy atom. The summed E-state index contributed by atoms with van der Waals surface area (Å²) in [5.41, 5.74) is 7.36. The first kappa shape index (κ1) is 36.8. The lowest BCUT2D eigenvalue weighted by molar-refractivity contribution is -0.138. The lowest BCUT2D eigenvalue weighted by atomic mass is 10.0. The molecule has 0 unspecified atom stereocenters. The van der Waals surface area contributed by atoms with E-state index >= 15 is 0 Å². The summed E-state index contributed by atoms with van der Waals surface area (Å²) in [7, 11) is 0. The molecule has 2 aromatic carbocycles. The van der Waals surface area contributed by atoms with Crippen molar-refractivity contribution in [2.45, 2.75) is 50.7 Å². The molecule has 254 valence electrons. The molecule has 0 spiro atoms. The number of anilines is 1. The number of aromatic hydroxyl groups is 1. The van der Waals surface area contributed by atoms with E-state index in [1.165, 1.54) is 17.1 Å². The van der Waals surface area contributed by atoms with Gasteiger partial charge in [0.15, 0.2) is 6.10 Å². The van der Waals surface area contributed by atoms with Crippen LogP contribution < -0.4 is 5.32 Å². The van der Waals surface area contributed by atoms with Crippen molar-refractivity contribution in [2.75, 3.05) is 25.0 Å². The van der Waals surface area contributed by atoms with Gasteiger partial charge in [0.1, 0.15) is 5.75 Å². The van der Waals surface area contributed by atoms with Crippen molar-refractivity contribution in [1.82, 2.24) is 9.80 Å². The van der Waals surface area contributed by atoms with Crippen LogP contribution in [0.15, 0.2) is 78.9 Å². The Hall–Kier alpha value is -4.99. The molecule has 2 aliphatic rings. The van der Waals surface area contributed by atoms with Crippen LogP contribution >= 0.6 is 31.9 Å². The number of rotatable bonds is 9. The summed E-state index contributed by atoms with van der Waals surface area (Å²) in [6.45, 7) is 1.19. The number of aliphatic carboxylic acids is 1. The van der Waals surface area contributed by atoms with E-state index in [2.05, 4.69) is 70.4 Å². The highest BCUT2D eigenvalue weighted by molar-refractivity contribution is 9.11. The van der Waals surface area contributed by atoms with Crippen molar-refractivity contribution >= 4 is 79.2 Å². The van der Waals surface area contributed by atoms with E-state index in [-0.39, 0.29) is 37.1 Å². The third-order valence-electron chi connectivity index (χ3n) is 7.60. The fourth-order valence-corrected chi connectivity index (χ4v) is 6.39. The number of benzene rings is 2. The molecule has 0 bridgehead atoms. The number of carboxylic acid groups (broad SMARTS) is 1. The van der Waals surface area contributed by atoms with Crippen LogP contribution in [0.1, 0.15) is 36.8 Å². The average molecular weight is 797 g/mol. The van der Waals surface area contributed by atoms with Crippen molar-refractivity contribution in [3.63, 3.8) is 0 Å². The summed E-state index contributed by atoms with van der Waals surface area (Å²) in [6.07, 6.45) is 1.61. The zero-order chi connectivity index (χ0) is 35.3. The SMILES string of the molecule is O=C(O)CCC(=O)N=C=C=CC=C=C=NC(=O)[C@@H](Cc1cc(Br)c(O)c(Br)c1)OC(=O)N1CCC(N2CCc3ccccc3NC2=O)CC1. The van der Waals surface area contributed by atoms with Gasteiger partial charge in [0.05, 0.1) is 15.4 Å². The minimum atomic E-state index is -1.34. The molecule has 0 radical (unpaired) electrons. The maximum absolute atomic E-state index is 13.3. The topological polar surface area (TPSA) is 178 Å². The highest BCUT2D eigenvalue weighted by Gasteiger charge is 2.33. The van der Waals surface area contributed by atoms with Crippen LogP contribution in [0.4, 0.5) is 15.3 Å². The van der Waals surface area contributed by atoms with Gasteiger partial charge in [-0.25, -0.2) is 9.59 Å². The number of phenols is 1. The quantitative estimate of drug-likeness (QED) is 0.176. The predicted octanol–water partition coefficient (Wildman–Crippen LogP) is 5.20. The molecular weight excluding hydrogens is 766 g/mol. The average Bonchev–Trinajstić information content (AvgIpc) is 3.25. The largest absolute Gasteiger partial charge is 0.506 e. The molecule has 5 amide bonds. The molecule has 0 saturated carbocycles. The van der Waals surface area contributed by atoms with Crippen LogP contribution in [0, 0.1) is 0 Å². The van der Waals surface area contributed by atoms with Gasteiger partial charge in [-0.3, -0.25) is 14.4 Å². The number of nitrogens with zero attached hydrogens (tertiary/aromatic N) is 4. The lowest BCUT2D eigenvalue weighted by Gasteiger charge is -2.37. The first-order chi connectivity index (χ1) is 23.5. The normalized spacial score (nSPS) is 14.6. The van der Waals surface area contributed by atoms with Crippen LogP contribution in [0.2, 0.25) is 0 Å². The molecule has 3 N–H and O–H groups in total. The first-order valence-corrected chi connectivity index (χ1v) is 16.7. The van der Waals surface area contributed by atoms with Gasteiger partial charge in [-0.2, -0.15) is 9.98 Å². The van der Waals surface area contributed by atoms with Gasteiger partial charge in [-0.05, 0) is 104 Å². The number of carboxylic acids is 1. The van der Waals surface area contributed by atoms with Crippen molar-refractivity contribution in [2.24, 2.45) is 9.98 Å². The van der Waals surface area contributed by atoms with E-state index in [1.807, 2.05) is 29.2 Å². The number of piperidine rings is 1. The Kier molecular flexibility index (Phi) is 13.5. The van der Waals surface area contributed by atoms with E-state index in [0.29, 0.717) is 53.4 Å².